The molecular weight excluding hydrogens is 462 g/mol. The molecular formula is C26H23N5O5. The van der Waals surface area contributed by atoms with Crippen LogP contribution in [-0.4, -0.2) is 32.9 Å². The van der Waals surface area contributed by atoms with E-state index in [9.17, 15) is 14.9 Å². The first kappa shape index (κ1) is 24.1. The number of methoxy groups -OCH3 is 1. The maximum atomic E-state index is 12.1. The number of hydrogen-bond acceptors (Lipinski definition) is 7. The molecule has 0 aliphatic carbocycles. The normalized spacial score (nSPS) is 10.8. The van der Waals surface area contributed by atoms with Gasteiger partial charge in [0.25, 0.3) is 5.69 Å². The molecule has 1 heterocycles. The topological polar surface area (TPSA) is 121 Å². The van der Waals surface area contributed by atoms with E-state index in [0.29, 0.717) is 29.4 Å². The van der Waals surface area contributed by atoms with Crippen LogP contribution in [0.5, 0.6) is 11.5 Å². The molecule has 3 aromatic carbocycles. The first-order chi connectivity index (χ1) is 17.5. The average Bonchev–Trinajstić information content (AvgIpc) is 3.39. The molecule has 1 amide bonds. The van der Waals surface area contributed by atoms with Crippen LogP contribution in [0.2, 0.25) is 0 Å². The highest BCUT2D eigenvalue weighted by atomic mass is 16.6. The molecule has 0 saturated heterocycles. The Labute approximate surface area is 206 Å². The number of nitro benzene ring substituents is 1. The molecule has 0 unspecified atom stereocenters. The van der Waals surface area contributed by atoms with E-state index in [0.717, 1.165) is 11.1 Å². The fraction of sp³-hybridized carbons (Fsp3) is 0.115. The van der Waals surface area contributed by atoms with Crippen molar-refractivity contribution in [2.75, 3.05) is 7.11 Å². The number of ether oxygens (including phenoxy) is 2. The Balaban J connectivity index is 1.33. The third kappa shape index (κ3) is 6.32. The van der Waals surface area contributed by atoms with Gasteiger partial charge in [0.15, 0.2) is 11.5 Å². The third-order valence-electron chi connectivity index (χ3n) is 5.16. The van der Waals surface area contributed by atoms with Crippen molar-refractivity contribution in [1.82, 2.24) is 20.3 Å². The fourth-order valence-electron chi connectivity index (χ4n) is 3.29. The molecule has 10 nitrogen and oxygen atoms in total. The Morgan fingerprint density at radius 3 is 2.58 bits per heavy atom. The maximum Gasteiger partial charge on any atom is 0.269 e. The highest BCUT2D eigenvalue weighted by molar-refractivity contribution is 5.91. The summed E-state index contributed by atoms with van der Waals surface area (Å²) in [4.78, 5) is 22.5. The average molecular weight is 486 g/mol. The van der Waals surface area contributed by atoms with Crippen LogP contribution in [0.25, 0.3) is 11.8 Å². The van der Waals surface area contributed by atoms with E-state index < -0.39 is 4.92 Å². The van der Waals surface area contributed by atoms with Crippen LogP contribution < -0.4 is 14.8 Å². The van der Waals surface area contributed by atoms with Crippen LogP contribution in [0.15, 0.2) is 85.1 Å². The van der Waals surface area contributed by atoms with Crippen LogP contribution >= 0.6 is 0 Å². The highest BCUT2D eigenvalue weighted by Gasteiger charge is 2.10. The minimum atomic E-state index is -0.458. The molecule has 1 N–H and O–H groups in total. The van der Waals surface area contributed by atoms with Crippen LogP contribution in [0, 0.1) is 10.1 Å². The summed E-state index contributed by atoms with van der Waals surface area (Å²) in [5, 5.41) is 21.8. The van der Waals surface area contributed by atoms with Crippen molar-refractivity contribution in [1.29, 1.82) is 0 Å². The lowest BCUT2D eigenvalue weighted by Gasteiger charge is -2.11. The maximum absolute atomic E-state index is 12.1. The number of amides is 1. The molecule has 0 aliphatic heterocycles. The minimum absolute atomic E-state index is 0.00109. The molecule has 10 heteroatoms. The number of carbonyl (C=O) groups is 1. The van der Waals surface area contributed by atoms with E-state index >= 15 is 0 Å². The smallest absolute Gasteiger partial charge is 0.269 e. The lowest BCUT2D eigenvalue weighted by Crippen LogP contribution is -2.20. The van der Waals surface area contributed by atoms with E-state index in [-0.39, 0.29) is 18.2 Å². The second-order valence-corrected chi connectivity index (χ2v) is 7.66. The number of hydrogen-bond donors (Lipinski definition) is 1. The number of benzene rings is 3. The number of nitrogens with one attached hydrogen (secondary N) is 1. The Bertz CT molecular complexity index is 1370. The Kier molecular flexibility index (Phi) is 7.66. The van der Waals surface area contributed by atoms with Gasteiger partial charge in [0, 0.05) is 24.8 Å². The van der Waals surface area contributed by atoms with Crippen molar-refractivity contribution in [3.05, 3.63) is 112 Å². The molecule has 0 aliphatic rings. The number of rotatable bonds is 10. The van der Waals surface area contributed by atoms with Crippen LogP contribution in [0.3, 0.4) is 0 Å². The molecule has 0 spiro atoms. The lowest BCUT2D eigenvalue weighted by molar-refractivity contribution is -0.384. The SMILES string of the molecule is COc1cc(CNC(=O)/C=C/c2ccccc2)ccc1OCc1cn(-c2ccc([N+](=O)[O-])cc2)nn1. The van der Waals surface area contributed by atoms with Crippen molar-refractivity contribution < 1.29 is 19.2 Å². The summed E-state index contributed by atoms with van der Waals surface area (Å²) in [6, 6.07) is 21.0. The molecule has 0 bridgehead atoms. The predicted octanol–water partition coefficient (Wildman–Crippen LogP) is 4.09. The zero-order chi connectivity index (χ0) is 25.3. The summed E-state index contributed by atoms with van der Waals surface area (Å²) in [5.41, 5.74) is 3.01. The third-order valence-corrected chi connectivity index (χ3v) is 5.16. The molecule has 4 rings (SSSR count). The fourth-order valence-corrected chi connectivity index (χ4v) is 3.29. The number of non-ortho nitro benzene ring substituents is 1. The number of aromatic nitrogens is 3. The van der Waals surface area contributed by atoms with Gasteiger partial charge in [0.05, 0.1) is 23.9 Å². The largest absolute Gasteiger partial charge is 0.493 e. The van der Waals surface area contributed by atoms with Gasteiger partial charge < -0.3 is 14.8 Å². The van der Waals surface area contributed by atoms with Gasteiger partial charge in [-0.25, -0.2) is 4.68 Å². The Hall–Kier alpha value is -4.99. The molecule has 36 heavy (non-hydrogen) atoms. The molecule has 1 aromatic heterocycles. The van der Waals surface area contributed by atoms with Crippen molar-refractivity contribution in [2.24, 2.45) is 0 Å². The van der Waals surface area contributed by atoms with Crippen molar-refractivity contribution in [2.45, 2.75) is 13.2 Å². The first-order valence-corrected chi connectivity index (χ1v) is 11.0. The van der Waals surface area contributed by atoms with E-state index in [1.54, 1.807) is 36.5 Å². The van der Waals surface area contributed by atoms with Gasteiger partial charge in [-0.15, -0.1) is 5.10 Å². The van der Waals surface area contributed by atoms with E-state index in [4.69, 9.17) is 9.47 Å². The van der Waals surface area contributed by atoms with Crippen LogP contribution in [0.1, 0.15) is 16.8 Å². The standard InChI is InChI=1S/C26H23N5O5/c1-35-25-15-20(16-27-26(32)14-8-19-5-3-2-4-6-19)7-13-24(25)36-18-21-17-30(29-28-21)22-9-11-23(12-10-22)31(33)34/h2-15,17H,16,18H2,1H3,(H,27,32)/b14-8+. The Morgan fingerprint density at radius 1 is 1.08 bits per heavy atom. The predicted molar refractivity (Wildman–Crippen MR) is 133 cm³/mol. The molecule has 0 radical (unpaired) electrons. The summed E-state index contributed by atoms with van der Waals surface area (Å²) in [6.45, 7) is 0.474. The number of carbonyl (C=O) groups excluding carboxylic acids is 1. The molecule has 0 atom stereocenters. The van der Waals surface area contributed by atoms with Gasteiger partial charge in [-0.3, -0.25) is 14.9 Å². The summed E-state index contributed by atoms with van der Waals surface area (Å²) in [6.07, 6.45) is 4.93. The number of nitrogens with zero attached hydrogens (tertiary/aromatic N) is 4. The van der Waals surface area contributed by atoms with E-state index in [1.807, 2.05) is 36.4 Å². The van der Waals surface area contributed by atoms with Crippen molar-refractivity contribution >= 4 is 17.7 Å². The Morgan fingerprint density at radius 2 is 1.86 bits per heavy atom. The van der Waals surface area contributed by atoms with Gasteiger partial charge in [-0.1, -0.05) is 41.6 Å². The minimum Gasteiger partial charge on any atom is -0.493 e. The van der Waals surface area contributed by atoms with Crippen LogP contribution in [0.4, 0.5) is 5.69 Å². The molecule has 182 valence electrons. The second kappa shape index (κ2) is 11.4. The van der Waals surface area contributed by atoms with E-state index in [2.05, 4.69) is 15.6 Å². The van der Waals surface area contributed by atoms with Gasteiger partial charge in [0.1, 0.15) is 12.3 Å². The molecule has 4 aromatic rings. The highest BCUT2D eigenvalue weighted by Crippen LogP contribution is 2.28. The van der Waals surface area contributed by atoms with Gasteiger partial charge >= 0.3 is 0 Å². The quantitative estimate of drug-likeness (QED) is 0.204. The van der Waals surface area contributed by atoms with Gasteiger partial charge in [-0.05, 0) is 41.5 Å². The van der Waals surface area contributed by atoms with Crippen molar-refractivity contribution in [3.63, 3.8) is 0 Å². The summed E-state index contributed by atoms with van der Waals surface area (Å²) >= 11 is 0. The lowest BCUT2D eigenvalue weighted by atomic mass is 10.2. The van der Waals surface area contributed by atoms with Crippen LogP contribution in [-0.2, 0) is 17.9 Å². The second-order valence-electron chi connectivity index (χ2n) is 7.66. The van der Waals surface area contributed by atoms with Gasteiger partial charge in [-0.2, -0.15) is 0 Å². The molecule has 0 fully saturated rings. The summed E-state index contributed by atoms with van der Waals surface area (Å²) in [7, 11) is 1.54. The van der Waals surface area contributed by atoms with Crippen molar-refractivity contribution in [3.8, 4) is 17.2 Å². The van der Waals surface area contributed by atoms with Gasteiger partial charge in [0.2, 0.25) is 5.91 Å². The summed E-state index contributed by atoms with van der Waals surface area (Å²) in [5.74, 6) is 0.833. The monoisotopic (exact) mass is 485 g/mol. The first-order valence-electron chi connectivity index (χ1n) is 11.0. The van der Waals surface area contributed by atoms with E-state index in [1.165, 1.54) is 30.0 Å². The zero-order valence-corrected chi connectivity index (χ0v) is 19.4. The number of nitro groups is 1. The molecule has 0 saturated carbocycles. The summed E-state index contributed by atoms with van der Waals surface area (Å²) < 4.78 is 12.8. The zero-order valence-electron chi connectivity index (χ0n) is 19.4.